The zero-order valence-corrected chi connectivity index (χ0v) is 12.8. The number of ether oxygens (including phenoxy) is 1. The first kappa shape index (κ1) is 14.5. The second kappa shape index (κ2) is 7.66. The van der Waals surface area contributed by atoms with Crippen LogP contribution >= 0.6 is 11.3 Å². The predicted molar refractivity (Wildman–Crippen MR) is 84.8 cm³/mol. The van der Waals surface area contributed by atoms with Crippen LogP contribution in [0.2, 0.25) is 0 Å². The zero-order chi connectivity index (χ0) is 13.5. The Labute approximate surface area is 120 Å². The first-order valence-electron chi connectivity index (χ1n) is 7.08. The van der Waals surface area contributed by atoms with Gasteiger partial charge in [0, 0.05) is 11.3 Å². The van der Waals surface area contributed by atoms with Crippen LogP contribution in [0.25, 0.3) is 10.1 Å². The number of hydrogen-bond donors (Lipinski definition) is 0. The number of unbranched alkanes of at least 4 members (excludes halogenated alkanes) is 2. The van der Waals surface area contributed by atoms with Gasteiger partial charge in [0.2, 0.25) is 0 Å². The number of benzene rings is 1. The molecule has 0 saturated carbocycles. The number of thiophene rings is 1. The van der Waals surface area contributed by atoms with Crippen molar-refractivity contribution in [2.45, 2.75) is 39.5 Å². The normalized spacial score (nSPS) is 11.5. The molecule has 1 nitrogen and oxygen atoms in total. The molecule has 1 aromatic carbocycles. The van der Waals surface area contributed by atoms with Crippen LogP contribution in [0.1, 0.15) is 38.7 Å². The van der Waals surface area contributed by atoms with Gasteiger partial charge >= 0.3 is 0 Å². The molecule has 0 aliphatic carbocycles. The summed E-state index contributed by atoms with van der Waals surface area (Å²) in [5, 5.41) is 3.53. The van der Waals surface area contributed by atoms with E-state index in [0.717, 1.165) is 13.2 Å². The van der Waals surface area contributed by atoms with Crippen LogP contribution in [0.5, 0.6) is 0 Å². The van der Waals surface area contributed by atoms with Gasteiger partial charge in [-0.2, -0.15) is 0 Å². The zero-order valence-electron chi connectivity index (χ0n) is 11.9. The summed E-state index contributed by atoms with van der Waals surface area (Å²) in [6.07, 6.45) is 4.88. The van der Waals surface area contributed by atoms with Gasteiger partial charge in [-0.25, -0.2) is 0 Å². The van der Waals surface area contributed by atoms with E-state index in [-0.39, 0.29) is 0 Å². The van der Waals surface area contributed by atoms with E-state index in [1.165, 1.54) is 47.3 Å². The van der Waals surface area contributed by atoms with Crippen LogP contribution < -0.4 is 0 Å². The lowest BCUT2D eigenvalue weighted by molar-refractivity contribution is 0.140. The quantitative estimate of drug-likeness (QED) is 0.598. The van der Waals surface area contributed by atoms with Crippen LogP contribution in [-0.4, -0.2) is 13.2 Å². The predicted octanol–water partition coefficient (Wildman–Crippen LogP) is 5.24. The first-order chi connectivity index (χ1) is 9.25. The maximum Gasteiger partial charge on any atom is 0.0523 e. The van der Waals surface area contributed by atoms with E-state index < -0.39 is 0 Å². The summed E-state index contributed by atoms with van der Waals surface area (Å²) in [7, 11) is 0. The van der Waals surface area contributed by atoms with Gasteiger partial charge in [-0.05, 0) is 53.6 Å². The molecule has 0 aliphatic rings. The average Bonchev–Trinajstić information content (AvgIpc) is 2.84. The molecular weight excluding hydrogens is 252 g/mol. The van der Waals surface area contributed by atoms with Gasteiger partial charge in [0.1, 0.15) is 0 Å². The van der Waals surface area contributed by atoms with Gasteiger partial charge in [-0.3, -0.25) is 0 Å². The fourth-order valence-electron chi connectivity index (χ4n) is 2.14. The number of rotatable bonds is 8. The molecule has 1 heterocycles. The molecule has 103 valence electrons. The van der Waals surface area contributed by atoms with Crippen molar-refractivity contribution in [1.29, 1.82) is 0 Å². The minimum atomic E-state index is 0.815. The third-order valence-corrected chi connectivity index (χ3v) is 4.05. The van der Waals surface area contributed by atoms with Gasteiger partial charge in [0.25, 0.3) is 0 Å². The monoisotopic (exact) mass is 275 g/mol. The van der Waals surface area contributed by atoms with E-state index in [0.29, 0.717) is 0 Å². The number of hydrogen-bond acceptors (Lipinski definition) is 2. The molecule has 0 aliphatic heterocycles. The van der Waals surface area contributed by atoms with Crippen molar-refractivity contribution in [1.82, 2.24) is 0 Å². The molecule has 2 heteroatoms. The molecular formula is C17H23OS. The summed E-state index contributed by atoms with van der Waals surface area (Å²) < 4.78 is 6.97. The van der Waals surface area contributed by atoms with E-state index >= 15 is 0 Å². The van der Waals surface area contributed by atoms with Crippen LogP contribution in [0.15, 0.2) is 29.6 Å². The minimum absolute atomic E-state index is 0.815. The van der Waals surface area contributed by atoms with Crippen molar-refractivity contribution in [3.8, 4) is 0 Å². The Kier molecular flexibility index (Phi) is 5.87. The molecule has 0 atom stereocenters. The van der Waals surface area contributed by atoms with E-state index in [9.17, 15) is 0 Å². The van der Waals surface area contributed by atoms with Crippen molar-refractivity contribution < 1.29 is 4.74 Å². The first-order valence-corrected chi connectivity index (χ1v) is 7.96. The van der Waals surface area contributed by atoms with Crippen LogP contribution in [-0.2, 0) is 11.2 Å². The van der Waals surface area contributed by atoms with Crippen molar-refractivity contribution in [3.05, 3.63) is 41.1 Å². The van der Waals surface area contributed by atoms with Crippen molar-refractivity contribution in [2.24, 2.45) is 0 Å². The summed E-state index contributed by atoms with van der Waals surface area (Å²) in [5.41, 5.74) is 1.47. The molecule has 0 spiro atoms. The summed E-state index contributed by atoms with van der Waals surface area (Å²) in [4.78, 5) is 0. The van der Waals surface area contributed by atoms with Gasteiger partial charge in [0.05, 0.1) is 6.61 Å². The largest absolute Gasteiger partial charge is 0.381 e. The maximum atomic E-state index is 5.56. The lowest BCUT2D eigenvalue weighted by Gasteiger charge is -2.06. The lowest BCUT2D eigenvalue weighted by atomic mass is 10.1. The smallest absolute Gasteiger partial charge is 0.0523 e. The highest BCUT2D eigenvalue weighted by Crippen LogP contribution is 2.22. The molecule has 0 amide bonds. The average molecular weight is 275 g/mol. The van der Waals surface area contributed by atoms with E-state index in [4.69, 9.17) is 4.74 Å². The van der Waals surface area contributed by atoms with Crippen LogP contribution in [0, 0.1) is 5.92 Å². The van der Waals surface area contributed by atoms with Crippen LogP contribution in [0.3, 0.4) is 0 Å². The molecule has 2 rings (SSSR count). The fourth-order valence-corrected chi connectivity index (χ4v) is 2.99. The summed E-state index contributed by atoms with van der Waals surface area (Å²) >= 11 is 1.83. The standard InChI is InChI=1S/C17H23OS/c1-14(2)13-18-10-5-3-4-6-15-7-8-16-9-11-19-17(16)12-15/h7-9,11-12H,3-6,10,13H2,1-2H3. The molecule has 2 aromatic rings. The van der Waals surface area contributed by atoms with E-state index in [1.54, 1.807) is 0 Å². The van der Waals surface area contributed by atoms with Crippen molar-refractivity contribution in [2.75, 3.05) is 13.2 Å². The summed E-state index contributed by atoms with van der Waals surface area (Å²) in [6, 6.07) is 9.03. The fraction of sp³-hybridized carbons (Fsp3) is 0.471. The Hall–Kier alpha value is -0.860. The lowest BCUT2D eigenvalue weighted by Crippen LogP contribution is -2.01. The van der Waals surface area contributed by atoms with Gasteiger partial charge < -0.3 is 4.74 Å². The molecule has 1 aromatic heterocycles. The molecule has 0 bridgehead atoms. The highest BCUT2D eigenvalue weighted by molar-refractivity contribution is 7.17. The third kappa shape index (κ3) is 4.96. The molecule has 0 unspecified atom stereocenters. The van der Waals surface area contributed by atoms with Gasteiger partial charge in [-0.15, -0.1) is 11.3 Å². The maximum absolute atomic E-state index is 5.56. The van der Waals surface area contributed by atoms with Crippen molar-refractivity contribution in [3.63, 3.8) is 0 Å². The third-order valence-electron chi connectivity index (χ3n) is 3.17. The van der Waals surface area contributed by atoms with Crippen molar-refractivity contribution >= 4 is 21.4 Å². The SMILES string of the molecule is C[C](C)COCCCCCc1ccc2ccsc2c1. The molecule has 0 N–H and O–H groups in total. The van der Waals surface area contributed by atoms with E-state index in [2.05, 4.69) is 43.5 Å². The summed E-state index contributed by atoms with van der Waals surface area (Å²) in [5.74, 6) is 1.35. The second-order valence-electron chi connectivity index (χ2n) is 5.36. The molecule has 0 saturated heterocycles. The Morgan fingerprint density at radius 1 is 1.11 bits per heavy atom. The minimum Gasteiger partial charge on any atom is -0.381 e. The molecule has 1 radical (unpaired) electrons. The highest BCUT2D eigenvalue weighted by atomic mass is 32.1. The van der Waals surface area contributed by atoms with Crippen LogP contribution in [0.4, 0.5) is 0 Å². The van der Waals surface area contributed by atoms with Gasteiger partial charge in [-0.1, -0.05) is 32.4 Å². The number of fused-ring (bicyclic) bond motifs is 1. The van der Waals surface area contributed by atoms with E-state index in [1.807, 2.05) is 11.3 Å². The van der Waals surface area contributed by atoms with Gasteiger partial charge in [0.15, 0.2) is 0 Å². The molecule has 19 heavy (non-hydrogen) atoms. The topological polar surface area (TPSA) is 9.23 Å². The Balaban J connectivity index is 1.62. The number of aryl methyl sites for hydroxylation is 1. The molecule has 0 fully saturated rings. The Morgan fingerprint density at radius 3 is 2.84 bits per heavy atom. The highest BCUT2D eigenvalue weighted by Gasteiger charge is 1.99. The Morgan fingerprint density at radius 2 is 2.00 bits per heavy atom. The Bertz CT molecular complexity index is 487. The summed E-state index contributed by atoms with van der Waals surface area (Å²) in [6.45, 7) is 5.94. The second-order valence-corrected chi connectivity index (χ2v) is 6.31.